The first-order valence-corrected chi connectivity index (χ1v) is 15.6. The van der Waals surface area contributed by atoms with Crippen LogP contribution in [0.15, 0.2) is 72.8 Å². The van der Waals surface area contributed by atoms with Crippen molar-refractivity contribution in [3.05, 3.63) is 99.0 Å². The summed E-state index contributed by atoms with van der Waals surface area (Å²) in [4.78, 5) is 29.1. The highest BCUT2D eigenvalue weighted by molar-refractivity contribution is 7.92. The Hall–Kier alpha value is -2.78. The van der Waals surface area contributed by atoms with Gasteiger partial charge in [0, 0.05) is 29.6 Å². The highest BCUT2D eigenvalue weighted by Gasteiger charge is 2.33. The summed E-state index contributed by atoms with van der Waals surface area (Å²) in [5.41, 5.74) is 1.64. The molecule has 7 nitrogen and oxygen atoms in total. The SMILES string of the molecule is CC(C)CNC(=O)C(Cc1ccccc1)N(Cc1cccc(Cl)c1)C(=O)CN(c1ccc(Cl)cc1Cl)S(C)(=O)=O. The van der Waals surface area contributed by atoms with E-state index in [0.29, 0.717) is 22.2 Å². The summed E-state index contributed by atoms with van der Waals surface area (Å²) in [6.45, 7) is 3.81. The average molecular weight is 625 g/mol. The van der Waals surface area contributed by atoms with Gasteiger partial charge in [0.2, 0.25) is 21.8 Å². The van der Waals surface area contributed by atoms with Gasteiger partial charge in [-0.05, 0) is 47.4 Å². The van der Waals surface area contributed by atoms with Crippen molar-refractivity contribution in [2.24, 2.45) is 5.92 Å². The molecule has 1 atom stereocenters. The van der Waals surface area contributed by atoms with Crippen molar-refractivity contribution in [2.75, 3.05) is 23.7 Å². The summed E-state index contributed by atoms with van der Waals surface area (Å²) in [6.07, 6.45) is 1.21. The number of hydrogen-bond acceptors (Lipinski definition) is 4. The maximum atomic E-state index is 14.1. The van der Waals surface area contributed by atoms with E-state index in [1.54, 1.807) is 24.3 Å². The molecule has 11 heteroatoms. The van der Waals surface area contributed by atoms with Gasteiger partial charge < -0.3 is 10.2 Å². The van der Waals surface area contributed by atoms with Gasteiger partial charge in [0.1, 0.15) is 12.6 Å². The van der Waals surface area contributed by atoms with Gasteiger partial charge in [-0.3, -0.25) is 13.9 Å². The zero-order valence-corrected chi connectivity index (χ0v) is 25.6. The third kappa shape index (κ3) is 9.13. The number of nitrogens with zero attached hydrogens (tertiary/aromatic N) is 2. The van der Waals surface area contributed by atoms with Crippen LogP contribution < -0.4 is 9.62 Å². The third-order valence-electron chi connectivity index (χ3n) is 6.06. The molecule has 1 N–H and O–H groups in total. The molecule has 1 unspecified atom stereocenters. The van der Waals surface area contributed by atoms with Gasteiger partial charge >= 0.3 is 0 Å². The number of anilines is 1. The van der Waals surface area contributed by atoms with E-state index in [4.69, 9.17) is 34.8 Å². The van der Waals surface area contributed by atoms with Gasteiger partial charge in [-0.25, -0.2) is 8.42 Å². The second kappa shape index (κ2) is 14.2. The number of carbonyl (C=O) groups excluding carboxylic acids is 2. The first-order chi connectivity index (χ1) is 18.8. The lowest BCUT2D eigenvalue weighted by molar-refractivity contribution is -0.140. The predicted octanol–water partition coefficient (Wildman–Crippen LogP) is 5.83. The lowest BCUT2D eigenvalue weighted by Crippen LogP contribution is -2.53. The first kappa shape index (κ1) is 31.7. The van der Waals surface area contributed by atoms with Crippen LogP contribution in [0.1, 0.15) is 25.0 Å². The van der Waals surface area contributed by atoms with E-state index in [1.807, 2.05) is 44.2 Å². The molecule has 0 heterocycles. The number of carbonyl (C=O) groups is 2. The number of amides is 2. The van der Waals surface area contributed by atoms with Crippen LogP contribution in [0.5, 0.6) is 0 Å². The zero-order valence-electron chi connectivity index (χ0n) is 22.5. The Labute approximate surface area is 251 Å². The molecule has 3 aromatic carbocycles. The molecule has 0 saturated carbocycles. The number of benzene rings is 3. The summed E-state index contributed by atoms with van der Waals surface area (Å²) in [5, 5.41) is 3.80. The summed E-state index contributed by atoms with van der Waals surface area (Å²) in [5.74, 6) is -0.744. The van der Waals surface area contributed by atoms with Crippen molar-refractivity contribution in [2.45, 2.75) is 32.9 Å². The fraction of sp³-hybridized carbons (Fsp3) is 0.310. The summed E-state index contributed by atoms with van der Waals surface area (Å²) in [6, 6.07) is 19.7. The molecular weight excluding hydrogens is 593 g/mol. The quantitative estimate of drug-likeness (QED) is 0.275. The standard InChI is InChI=1S/C29H32Cl3N3O4S/c1-20(2)17-33-29(37)27(15-21-8-5-4-6-9-21)34(18-22-10-7-11-23(30)14-22)28(36)19-35(40(3,38)39)26-13-12-24(31)16-25(26)32/h4-14,16,20,27H,15,17-19H2,1-3H3,(H,33,37). The summed E-state index contributed by atoms with van der Waals surface area (Å²) < 4.78 is 26.7. The number of rotatable bonds is 12. The van der Waals surface area contributed by atoms with Crippen molar-refractivity contribution in [1.82, 2.24) is 10.2 Å². The first-order valence-electron chi connectivity index (χ1n) is 12.6. The van der Waals surface area contributed by atoms with Gasteiger partial charge in [-0.2, -0.15) is 0 Å². The highest BCUT2D eigenvalue weighted by atomic mass is 35.5. The van der Waals surface area contributed by atoms with E-state index in [0.717, 1.165) is 16.1 Å². The zero-order chi connectivity index (χ0) is 29.4. The van der Waals surface area contributed by atoms with Crippen LogP contribution >= 0.6 is 34.8 Å². The van der Waals surface area contributed by atoms with E-state index >= 15 is 0 Å². The third-order valence-corrected chi connectivity index (χ3v) is 7.95. The number of nitrogens with one attached hydrogen (secondary N) is 1. The molecule has 0 aliphatic heterocycles. The lowest BCUT2D eigenvalue weighted by Gasteiger charge is -2.34. The van der Waals surface area contributed by atoms with E-state index in [9.17, 15) is 18.0 Å². The fourth-order valence-corrected chi connectivity index (χ4v) is 5.72. The van der Waals surface area contributed by atoms with Crippen LogP contribution in [-0.4, -0.2) is 50.5 Å². The minimum Gasteiger partial charge on any atom is -0.354 e. The molecule has 0 bridgehead atoms. The number of sulfonamides is 1. The summed E-state index contributed by atoms with van der Waals surface area (Å²) in [7, 11) is -3.95. The maximum absolute atomic E-state index is 14.1. The Morgan fingerprint density at radius 2 is 1.52 bits per heavy atom. The maximum Gasteiger partial charge on any atom is 0.244 e. The average Bonchev–Trinajstić information content (AvgIpc) is 2.88. The van der Waals surface area contributed by atoms with Crippen LogP contribution in [-0.2, 0) is 32.6 Å². The molecular formula is C29H32Cl3N3O4S. The predicted molar refractivity (Wildman–Crippen MR) is 162 cm³/mol. The second-order valence-electron chi connectivity index (χ2n) is 9.86. The largest absolute Gasteiger partial charge is 0.354 e. The van der Waals surface area contributed by atoms with E-state index in [-0.39, 0.29) is 35.5 Å². The Balaban J connectivity index is 2.07. The van der Waals surface area contributed by atoms with E-state index in [2.05, 4.69) is 5.32 Å². The smallest absolute Gasteiger partial charge is 0.244 e. The molecule has 0 saturated heterocycles. The van der Waals surface area contributed by atoms with Crippen molar-refractivity contribution in [3.63, 3.8) is 0 Å². The lowest BCUT2D eigenvalue weighted by atomic mass is 10.0. The second-order valence-corrected chi connectivity index (χ2v) is 13.0. The van der Waals surface area contributed by atoms with E-state index < -0.39 is 28.5 Å². The van der Waals surface area contributed by atoms with Gasteiger partial charge in [0.05, 0.1) is 17.0 Å². The molecule has 0 aliphatic rings. The van der Waals surface area contributed by atoms with Crippen molar-refractivity contribution >= 4 is 62.3 Å². The van der Waals surface area contributed by atoms with Crippen LogP contribution in [0, 0.1) is 5.92 Å². The van der Waals surface area contributed by atoms with Crippen LogP contribution in [0.4, 0.5) is 5.69 Å². The number of halogens is 3. The Kier molecular flexibility index (Phi) is 11.3. The Morgan fingerprint density at radius 1 is 0.875 bits per heavy atom. The molecule has 0 spiro atoms. The van der Waals surface area contributed by atoms with Crippen molar-refractivity contribution in [3.8, 4) is 0 Å². The monoisotopic (exact) mass is 623 g/mol. The van der Waals surface area contributed by atoms with Crippen LogP contribution in [0.3, 0.4) is 0 Å². The van der Waals surface area contributed by atoms with Crippen LogP contribution in [0.2, 0.25) is 15.1 Å². The molecule has 3 aromatic rings. The molecule has 0 radical (unpaired) electrons. The minimum atomic E-state index is -3.95. The van der Waals surface area contributed by atoms with Crippen LogP contribution in [0.25, 0.3) is 0 Å². The topological polar surface area (TPSA) is 86.8 Å². The summed E-state index contributed by atoms with van der Waals surface area (Å²) >= 11 is 18.6. The number of hydrogen-bond donors (Lipinski definition) is 1. The normalized spacial score (nSPS) is 12.2. The molecule has 40 heavy (non-hydrogen) atoms. The highest BCUT2D eigenvalue weighted by Crippen LogP contribution is 2.30. The van der Waals surface area contributed by atoms with Gasteiger partial charge in [0.25, 0.3) is 0 Å². The molecule has 2 amide bonds. The van der Waals surface area contributed by atoms with Gasteiger partial charge in [-0.15, -0.1) is 0 Å². The van der Waals surface area contributed by atoms with Gasteiger partial charge in [0.15, 0.2) is 0 Å². The minimum absolute atomic E-state index is 0.0257. The Bertz CT molecular complexity index is 1440. The molecule has 214 valence electrons. The molecule has 0 aromatic heterocycles. The molecule has 3 rings (SSSR count). The van der Waals surface area contributed by atoms with E-state index in [1.165, 1.54) is 23.1 Å². The van der Waals surface area contributed by atoms with Gasteiger partial charge in [-0.1, -0.05) is 91.1 Å². The van der Waals surface area contributed by atoms with Crippen molar-refractivity contribution < 1.29 is 18.0 Å². The van der Waals surface area contributed by atoms with Crippen molar-refractivity contribution in [1.29, 1.82) is 0 Å². The Morgan fingerprint density at radius 3 is 2.12 bits per heavy atom. The molecule has 0 aliphatic carbocycles. The molecule has 0 fully saturated rings. The fourth-order valence-electron chi connectivity index (χ4n) is 4.09.